The van der Waals surface area contributed by atoms with Crippen molar-refractivity contribution in [3.63, 3.8) is 0 Å². The van der Waals surface area contributed by atoms with Crippen LogP contribution in [-0.4, -0.2) is 12.1 Å². The molecule has 60 valence electrons. The van der Waals surface area contributed by atoms with Gasteiger partial charge in [0, 0.05) is 6.20 Å². The van der Waals surface area contributed by atoms with E-state index in [0.717, 1.165) is 12.0 Å². The molecule has 3 heteroatoms. The van der Waals surface area contributed by atoms with Crippen molar-refractivity contribution in [2.75, 3.05) is 7.11 Å². The zero-order valence-corrected chi connectivity index (χ0v) is 6.60. The van der Waals surface area contributed by atoms with E-state index in [9.17, 15) is 4.39 Å². The summed E-state index contributed by atoms with van der Waals surface area (Å²) in [7, 11) is 1.43. The Labute approximate surface area is 65.0 Å². The molecule has 0 radical (unpaired) electrons. The van der Waals surface area contributed by atoms with Crippen LogP contribution in [0.3, 0.4) is 0 Å². The number of hydrogen-bond acceptors (Lipinski definition) is 2. The minimum absolute atomic E-state index is 0.212. The van der Waals surface area contributed by atoms with Gasteiger partial charge >= 0.3 is 0 Å². The average Bonchev–Trinajstić information content (AvgIpc) is 2.05. The molecule has 1 rings (SSSR count). The Kier molecular flexibility index (Phi) is 2.41. The Morgan fingerprint density at radius 3 is 2.91 bits per heavy atom. The molecular formula is C8H10FNO. The minimum Gasteiger partial charge on any atom is -0.492 e. The quantitative estimate of drug-likeness (QED) is 0.607. The van der Waals surface area contributed by atoms with Gasteiger partial charge < -0.3 is 4.74 Å². The molecule has 0 spiro atoms. The van der Waals surface area contributed by atoms with Gasteiger partial charge in [-0.2, -0.15) is 4.39 Å². The summed E-state index contributed by atoms with van der Waals surface area (Å²) in [4.78, 5) is 3.53. The number of methoxy groups -OCH3 is 1. The van der Waals surface area contributed by atoms with Gasteiger partial charge in [0.15, 0.2) is 5.75 Å². The second kappa shape index (κ2) is 3.32. The molecule has 0 amide bonds. The van der Waals surface area contributed by atoms with E-state index in [1.54, 1.807) is 6.07 Å². The first-order chi connectivity index (χ1) is 5.27. The molecule has 0 fully saturated rings. The summed E-state index contributed by atoms with van der Waals surface area (Å²) < 4.78 is 17.4. The summed E-state index contributed by atoms with van der Waals surface area (Å²) in [6.07, 6.45) is 2.35. The number of rotatable bonds is 2. The van der Waals surface area contributed by atoms with Crippen molar-refractivity contribution in [2.24, 2.45) is 0 Å². The van der Waals surface area contributed by atoms with Gasteiger partial charge in [0.05, 0.1) is 7.11 Å². The van der Waals surface area contributed by atoms with Crippen LogP contribution in [0.2, 0.25) is 0 Å². The monoisotopic (exact) mass is 155 g/mol. The van der Waals surface area contributed by atoms with Crippen molar-refractivity contribution in [3.05, 3.63) is 23.8 Å². The second-order valence-electron chi connectivity index (χ2n) is 2.19. The maximum Gasteiger partial charge on any atom is 0.255 e. The molecule has 0 aliphatic carbocycles. The average molecular weight is 155 g/mol. The minimum atomic E-state index is -0.551. The maximum atomic E-state index is 12.7. The molecule has 0 aliphatic rings. The zero-order valence-electron chi connectivity index (χ0n) is 6.60. The normalized spacial score (nSPS) is 9.73. The van der Waals surface area contributed by atoms with Crippen LogP contribution < -0.4 is 4.74 Å². The summed E-state index contributed by atoms with van der Waals surface area (Å²) >= 11 is 0. The lowest BCUT2D eigenvalue weighted by molar-refractivity contribution is 0.377. The standard InChI is InChI=1S/C8H10FNO/c1-3-6-4-7(11-2)8(9)10-5-6/h4-5H,3H2,1-2H3. The topological polar surface area (TPSA) is 22.1 Å². The van der Waals surface area contributed by atoms with Gasteiger partial charge in [0.2, 0.25) is 0 Å². The zero-order chi connectivity index (χ0) is 8.27. The first-order valence-electron chi connectivity index (χ1n) is 3.46. The van der Waals surface area contributed by atoms with Gasteiger partial charge in [-0.05, 0) is 18.1 Å². The van der Waals surface area contributed by atoms with Crippen LogP contribution in [0.15, 0.2) is 12.3 Å². The van der Waals surface area contributed by atoms with Gasteiger partial charge in [0.1, 0.15) is 0 Å². The second-order valence-corrected chi connectivity index (χ2v) is 2.19. The number of hydrogen-bond donors (Lipinski definition) is 0. The number of nitrogens with zero attached hydrogens (tertiary/aromatic N) is 1. The number of aromatic nitrogens is 1. The van der Waals surface area contributed by atoms with Gasteiger partial charge in [-0.25, -0.2) is 4.98 Å². The third kappa shape index (κ3) is 1.67. The Hall–Kier alpha value is -1.12. The highest BCUT2D eigenvalue weighted by molar-refractivity contribution is 5.24. The predicted octanol–water partition coefficient (Wildman–Crippen LogP) is 1.79. The lowest BCUT2D eigenvalue weighted by Crippen LogP contribution is -1.93. The lowest BCUT2D eigenvalue weighted by Gasteiger charge is -2.01. The number of aryl methyl sites for hydroxylation is 1. The fourth-order valence-corrected chi connectivity index (χ4v) is 0.805. The summed E-state index contributed by atoms with van der Waals surface area (Å²) in [5.74, 6) is -0.339. The van der Waals surface area contributed by atoms with E-state index in [0.29, 0.717) is 0 Å². The van der Waals surface area contributed by atoms with Crippen LogP contribution in [0.1, 0.15) is 12.5 Å². The SMILES string of the molecule is CCc1cnc(F)c(OC)c1. The lowest BCUT2D eigenvalue weighted by atomic mass is 10.2. The van der Waals surface area contributed by atoms with E-state index in [4.69, 9.17) is 4.74 Å². The number of halogens is 1. The van der Waals surface area contributed by atoms with Crippen molar-refractivity contribution in [3.8, 4) is 5.75 Å². The largest absolute Gasteiger partial charge is 0.492 e. The highest BCUT2D eigenvalue weighted by atomic mass is 19.1. The maximum absolute atomic E-state index is 12.7. The third-order valence-electron chi connectivity index (χ3n) is 1.49. The van der Waals surface area contributed by atoms with Crippen molar-refractivity contribution < 1.29 is 9.13 Å². The molecule has 2 nitrogen and oxygen atoms in total. The fourth-order valence-electron chi connectivity index (χ4n) is 0.805. The molecule has 0 unspecified atom stereocenters. The highest BCUT2D eigenvalue weighted by Crippen LogP contribution is 2.15. The van der Waals surface area contributed by atoms with Crippen LogP contribution in [0.5, 0.6) is 5.75 Å². The molecular weight excluding hydrogens is 145 g/mol. The van der Waals surface area contributed by atoms with E-state index < -0.39 is 5.95 Å². The molecule has 11 heavy (non-hydrogen) atoms. The first-order valence-corrected chi connectivity index (χ1v) is 3.46. The van der Waals surface area contributed by atoms with Crippen LogP contribution in [0, 0.1) is 5.95 Å². The first kappa shape index (κ1) is 7.98. The summed E-state index contributed by atoms with van der Waals surface area (Å²) in [6, 6.07) is 1.66. The van der Waals surface area contributed by atoms with Gasteiger partial charge in [-0.1, -0.05) is 6.92 Å². The Balaban J connectivity index is 3.02. The van der Waals surface area contributed by atoms with E-state index in [1.165, 1.54) is 13.3 Å². The van der Waals surface area contributed by atoms with Gasteiger partial charge in [-0.15, -0.1) is 0 Å². The Morgan fingerprint density at radius 2 is 2.36 bits per heavy atom. The van der Waals surface area contributed by atoms with Crippen molar-refractivity contribution in [1.29, 1.82) is 0 Å². The molecule has 0 aromatic carbocycles. The highest BCUT2D eigenvalue weighted by Gasteiger charge is 2.02. The van der Waals surface area contributed by atoms with Gasteiger partial charge in [0.25, 0.3) is 5.95 Å². The molecule has 0 atom stereocenters. The van der Waals surface area contributed by atoms with E-state index in [1.807, 2.05) is 6.92 Å². The molecule has 1 aromatic rings. The third-order valence-corrected chi connectivity index (χ3v) is 1.49. The molecule has 1 aromatic heterocycles. The number of pyridine rings is 1. The summed E-state index contributed by atoms with van der Waals surface area (Å²) in [5.41, 5.74) is 0.975. The van der Waals surface area contributed by atoms with E-state index in [2.05, 4.69) is 4.98 Å². The van der Waals surface area contributed by atoms with Crippen molar-refractivity contribution >= 4 is 0 Å². The molecule has 0 aliphatic heterocycles. The van der Waals surface area contributed by atoms with Crippen LogP contribution in [0.25, 0.3) is 0 Å². The Bertz CT molecular complexity index is 250. The molecule has 1 heterocycles. The molecule has 0 N–H and O–H groups in total. The fraction of sp³-hybridized carbons (Fsp3) is 0.375. The van der Waals surface area contributed by atoms with Crippen LogP contribution in [0.4, 0.5) is 4.39 Å². The summed E-state index contributed by atoms with van der Waals surface area (Å²) in [5, 5.41) is 0. The van der Waals surface area contributed by atoms with Crippen molar-refractivity contribution in [1.82, 2.24) is 4.98 Å². The van der Waals surface area contributed by atoms with Gasteiger partial charge in [-0.3, -0.25) is 0 Å². The van der Waals surface area contributed by atoms with Crippen LogP contribution >= 0.6 is 0 Å². The number of ether oxygens (including phenoxy) is 1. The predicted molar refractivity (Wildman–Crippen MR) is 40.1 cm³/mol. The molecule has 0 saturated heterocycles. The van der Waals surface area contributed by atoms with E-state index in [-0.39, 0.29) is 5.75 Å². The summed E-state index contributed by atoms with van der Waals surface area (Å²) in [6.45, 7) is 1.98. The van der Waals surface area contributed by atoms with Crippen molar-refractivity contribution in [2.45, 2.75) is 13.3 Å². The Morgan fingerprint density at radius 1 is 1.64 bits per heavy atom. The molecule has 0 bridgehead atoms. The molecule has 0 saturated carbocycles. The van der Waals surface area contributed by atoms with Crippen LogP contribution in [-0.2, 0) is 6.42 Å². The van der Waals surface area contributed by atoms with E-state index >= 15 is 0 Å². The smallest absolute Gasteiger partial charge is 0.255 e.